The molecule has 4 heterocycles. The molecular formula is C18H17F3N6O4S. The lowest BCUT2D eigenvalue weighted by Gasteiger charge is -2.29. The number of ketones is 1. The van der Waals surface area contributed by atoms with Crippen molar-refractivity contribution in [3.8, 4) is 6.01 Å². The van der Waals surface area contributed by atoms with Gasteiger partial charge in [0.05, 0.1) is 23.2 Å². The molecule has 4 rings (SSSR count). The van der Waals surface area contributed by atoms with Crippen LogP contribution in [0, 0.1) is 0 Å². The van der Waals surface area contributed by atoms with Crippen molar-refractivity contribution in [2.75, 3.05) is 18.1 Å². The number of rotatable bonds is 7. The van der Waals surface area contributed by atoms with Gasteiger partial charge in [-0.05, 0) is 6.07 Å². The van der Waals surface area contributed by atoms with Gasteiger partial charge in [-0.1, -0.05) is 6.92 Å². The number of carbonyl (C=O) groups is 2. The molecule has 1 aliphatic heterocycles. The molecule has 3 aromatic rings. The molecule has 10 nitrogen and oxygen atoms in total. The van der Waals surface area contributed by atoms with E-state index in [9.17, 15) is 22.8 Å². The number of carbonyl (C=O) groups excluding carboxylic acids is 1. The van der Waals surface area contributed by atoms with Gasteiger partial charge in [-0.2, -0.15) is 23.1 Å². The Balaban J connectivity index is 1.71. The highest BCUT2D eigenvalue weighted by Crippen LogP contribution is 2.35. The number of Topliss-reactive ketones (excluding diaryl/α,β-unsaturated/α-hetero) is 1. The van der Waals surface area contributed by atoms with E-state index >= 15 is 0 Å². The normalized spacial score (nSPS) is 13.9. The van der Waals surface area contributed by atoms with Crippen molar-refractivity contribution in [1.29, 1.82) is 0 Å². The summed E-state index contributed by atoms with van der Waals surface area (Å²) < 4.78 is 45.8. The van der Waals surface area contributed by atoms with Crippen LogP contribution in [0.1, 0.15) is 41.1 Å². The Morgan fingerprint density at radius 1 is 1.25 bits per heavy atom. The summed E-state index contributed by atoms with van der Waals surface area (Å²) in [6.07, 6.45) is -4.57. The molecule has 0 saturated heterocycles. The fourth-order valence-corrected chi connectivity index (χ4v) is 4.31. The van der Waals surface area contributed by atoms with Crippen molar-refractivity contribution in [3.63, 3.8) is 0 Å². The fourth-order valence-electron chi connectivity index (χ4n) is 3.28. The Morgan fingerprint density at radius 3 is 2.72 bits per heavy atom. The molecule has 0 amide bonds. The molecule has 14 heteroatoms. The van der Waals surface area contributed by atoms with E-state index < -0.39 is 18.0 Å². The average Bonchev–Trinajstić information content (AvgIpc) is 3.35. The molecule has 170 valence electrons. The zero-order valence-corrected chi connectivity index (χ0v) is 17.5. The van der Waals surface area contributed by atoms with Crippen LogP contribution in [-0.4, -0.2) is 54.7 Å². The standard InChI is InChI=1S/C18H17F3N6O4S/c1-2-10(28)11-7-9-14(22-17(23-15(9)32-11)31-6-3-13(29)30)26-4-5-27-12(8-26)24-25-16(27)18(19,20)21/h7H,2-6,8H2,1H3,(H,29,30). The van der Waals surface area contributed by atoms with Gasteiger partial charge in [0.15, 0.2) is 11.6 Å². The molecule has 0 unspecified atom stereocenters. The van der Waals surface area contributed by atoms with E-state index in [0.717, 1.165) is 15.9 Å². The summed E-state index contributed by atoms with van der Waals surface area (Å²) >= 11 is 1.15. The van der Waals surface area contributed by atoms with Crippen LogP contribution in [0.3, 0.4) is 0 Å². The minimum absolute atomic E-state index is 0.0106. The summed E-state index contributed by atoms with van der Waals surface area (Å²) in [5.74, 6) is -1.68. The lowest BCUT2D eigenvalue weighted by molar-refractivity contribution is -0.147. The van der Waals surface area contributed by atoms with Crippen molar-refractivity contribution >= 4 is 39.1 Å². The highest BCUT2D eigenvalue weighted by molar-refractivity contribution is 7.20. The second-order valence-corrected chi connectivity index (χ2v) is 7.97. The highest BCUT2D eigenvalue weighted by atomic mass is 32.1. The molecule has 0 aliphatic carbocycles. The molecular weight excluding hydrogens is 453 g/mol. The van der Waals surface area contributed by atoms with Crippen molar-refractivity contribution in [2.24, 2.45) is 0 Å². The number of aliphatic carboxylic acids is 1. The van der Waals surface area contributed by atoms with Crippen LogP contribution in [0.2, 0.25) is 0 Å². The van der Waals surface area contributed by atoms with Crippen LogP contribution in [0.25, 0.3) is 10.2 Å². The highest BCUT2D eigenvalue weighted by Gasteiger charge is 2.39. The molecule has 1 aliphatic rings. The number of halogens is 3. The minimum atomic E-state index is -4.61. The van der Waals surface area contributed by atoms with Crippen LogP contribution in [-0.2, 0) is 24.1 Å². The van der Waals surface area contributed by atoms with Crippen LogP contribution in [0.15, 0.2) is 6.07 Å². The Morgan fingerprint density at radius 2 is 2.03 bits per heavy atom. The molecule has 3 aromatic heterocycles. The first-order valence-electron chi connectivity index (χ1n) is 9.61. The first-order valence-corrected chi connectivity index (χ1v) is 10.4. The molecule has 32 heavy (non-hydrogen) atoms. The van der Waals surface area contributed by atoms with Crippen LogP contribution >= 0.6 is 11.3 Å². The SMILES string of the molecule is CCC(=O)c1cc2c(N3CCn4c(nnc4C(F)(F)F)C3)nc(OCCC(=O)O)nc2s1. The topological polar surface area (TPSA) is 123 Å². The number of nitrogens with zero attached hydrogens (tertiary/aromatic N) is 6. The third kappa shape index (κ3) is 4.22. The Kier molecular flexibility index (Phi) is 5.71. The van der Waals surface area contributed by atoms with E-state index in [1.165, 1.54) is 0 Å². The van der Waals surface area contributed by atoms with Gasteiger partial charge >= 0.3 is 18.2 Å². The fraction of sp³-hybridized carbons (Fsp3) is 0.444. The van der Waals surface area contributed by atoms with Crippen molar-refractivity contribution in [3.05, 3.63) is 22.6 Å². The van der Waals surface area contributed by atoms with Gasteiger partial charge in [0.1, 0.15) is 17.3 Å². The summed E-state index contributed by atoms with van der Waals surface area (Å²) in [5.41, 5.74) is 0. The minimum Gasteiger partial charge on any atom is -0.481 e. The summed E-state index contributed by atoms with van der Waals surface area (Å²) in [6.45, 7) is 1.76. The number of hydrogen-bond donors (Lipinski definition) is 1. The third-order valence-electron chi connectivity index (χ3n) is 4.80. The Labute approximate surface area is 182 Å². The van der Waals surface area contributed by atoms with Gasteiger partial charge in [0.2, 0.25) is 5.82 Å². The molecule has 0 saturated carbocycles. The zero-order chi connectivity index (χ0) is 23.0. The first-order chi connectivity index (χ1) is 15.2. The summed E-state index contributed by atoms with van der Waals surface area (Å²) in [7, 11) is 0. The number of ether oxygens (including phenoxy) is 1. The lowest BCUT2D eigenvalue weighted by atomic mass is 10.2. The van der Waals surface area contributed by atoms with E-state index in [2.05, 4.69) is 20.2 Å². The molecule has 0 fully saturated rings. The predicted octanol–water partition coefficient (Wildman–Crippen LogP) is 2.77. The van der Waals surface area contributed by atoms with Gasteiger partial charge in [0, 0.05) is 19.5 Å². The van der Waals surface area contributed by atoms with E-state index in [1.54, 1.807) is 17.9 Å². The molecule has 1 N–H and O–H groups in total. The number of hydrogen-bond acceptors (Lipinski definition) is 9. The smallest absolute Gasteiger partial charge is 0.451 e. The Hall–Kier alpha value is -3.29. The third-order valence-corrected chi connectivity index (χ3v) is 5.87. The van der Waals surface area contributed by atoms with Gasteiger partial charge in [-0.25, -0.2) is 0 Å². The van der Waals surface area contributed by atoms with Gasteiger partial charge < -0.3 is 19.3 Å². The zero-order valence-electron chi connectivity index (χ0n) is 16.7. The monoisotopic (exact) mass is 470 g/mol. The van der Waals surface area contributed by atoms with E-state index in [4.69, 9.17) is 9.84 Å². The van der Waals surface area contributed by atoms with E-state index in [1.807, 2.05) is 0 Å². The number of anilines is 1. The predicted molar refractivity (Wildman–Crippen MR) is 106 cm³/mol. The molecule has 0 aromatic carbocycles. The maximum Gasteiger partial charge on any atom is 0.451 e. The number of carboxylic acid groups (broad SMARTS) is 1. The van der Waals surface area contributed by atoms with Crippen LogP contribution < -0.4 is 9.64 Å². The molecule has 0 radical (unpaired) electrons. The van der Waals surface area contributed by atoms with Gasteiger partial charge in [0.25, 0.3) is 0 Å². The maximum absolute atomic E-state index is 13.1. The largest absolute Gasteiger partial charge is 0.481 e. The first kappa shape index (κ1) is 21.9. The summed E-state index contributed by atoms with van der Waals surface area (Å²) in [4.78, 5) is 34.2. The number of thiophene rings is 1. The quantitative estimate of drug-likeness (QED) is 0.519. The second kappa shape index (κ2) is 8.33. The van der Waals surface area contributed by atoms with E-state index in [-0.39, 0.29) is 50.3 Å². The van der Waals surface area contributed by atoms with Crippen molar-refractivity contribution in [1.82, 2.24) is 24.7 Å². The van der Waals surface area contributed by atoms with Gasteiger partial charge in [-0.3, -0.25) is 9.59 Å². The number of alkyl halides is 3. The van der Waals surface area contributed by atoms with E-state index in [0.29, 0.717) is 27.3 Å². The summed E-state index contributed by atoms with van der Waals surface area (Å²) in [5, 5.41) is 16.3. The van der Waals surface area contributed by atoms with Crippen LogP contribution in [0.4, 0.5) is 19.0 Å². The van der Waals surface area contributed by atoms with Gasteiger partial charge in [-0.15, -0.1) is 21.5 Å². The summed E-state index contributed by atoms with van der Waals surface area (Å²) in [6, 6.07) is 1.58. The average molecular weight is 470 g/mol. The number of aromatic nitrogens is 5. The Bertz CT molecular complexity index is 1190. The molecule has 0 atom stereocenters. The van der Waals surface area contributed by atoms with Crippen LogP contribution in [0.5, 0.6) is 6.01 Å². The molecule has 0 spiro atoms. The lowest BCUT2D eigenvalue weighted by Crippen LogP contribution is -2.36. The van der Waals surface area contributed by atoms with Crippen molar-refractivity contribution in [2.45, 2.75) is 39.0 Å². The molecule has 0 bridgehead atoms. The number of carboxylic acids is 1. The second-order valence-electron chi connectivity index (χ2n) is 6.94. The number of fused-ring (bicyclic) bond motifs is 2. The van der Waals surface area contributed by atoms with Crippen molar-refractivity contribution < 1.29 is 32.6 Å². The maximum atomic E-state index is 13.1.